The van der Waals surface area contributed by atoms with Crippen molar-refractivity contribution >= 4 is 23.1 Å². The van der Waals surface area contributed by atoms with Crippen molar-refractivity contribution in [3.05, 3.63) is 0 Å². The fourth-order valence-electron chi connectivity index (χ4n) is 2.84. The number of rotatable bonds is 4. The lowest BCUT2D eigenvalue weighted by Gasteiger charge is -2.47. The number of hydrogen-bond donors (Lipinski definition) is 1. The predicted octanol–water partition coefficient (Wildman–Crippen LogP) is 2.10. The molecule has 1 unspecified atom stereocenters. The van der Waals surface area contributed by atoms with Gasteiger partial charge in [0.25, 0.3) is 0 Å². The number of hydrogen-bond acceptors (Lipinski definition) is 3. The monoisotopic (exact) mass is 286 g/mol. The third-order valence-electron chi connectivity index (χ3n) is 3.23. The minimum absolute atomic E-state index is 0.0406. The van der Waals surface area contributed by atoms with E-state index in [1.165, 1.54) is 0 Å². The van der Waals surface area contributed by atoms with Gasteiger partial charge in [0, 0.05) is 13.1 Å². The first-order valence-electron chi connectivity index (χ1n) is 6.86. The van der Waals surface area contributed by atoms with E-state index in [4.69, 9.17) is 22.7 Å². The molecular formula is C14H26N2O2S. The van der Waals surface area contributed by atoms with Crippen molar-refractivity contribution in [1.82, 2.24) is 4.90 Å². The van der Waals surface area contributed by atoms with Gasteiger partial charge < -0.3 is 15.4 Å². The molecule has 0 aliphatic carbocycles. The van der Waals surface area contributed by atoms with E-state index in [1.807, 2.05) is 39.5 Å². The van der Waals surface area contributed by atoms with Crippen LogP contribution in [0.25, 0.3) is 0 Å². The Morgan fingerprint density at radius 2 is 1.79 bits per heavy atom. The maximum atomic E-state index is 12.6. The average Bonchev–Trinajstić information content (AvgIpc) is 2.20. The first kappa shape index (κ1) is 16.4. The third-order valence-corrected chi connectivity index (χ3v) is 3.51. The van der Waals surface area contributed by atoms with Crippen LogP contribution < -0.4 is 5.73 Å². The molecule has 1 atom stereocenters. The summed E-state index contributed by atoms with van der Waals surface area (Å²) in [5.41, 5.74) is 5.03. The Morgan fingerprint density at radius 1 is 1.32 bits per heavy atom. The summed E-state index contributed by atoms with van der Waals surface area (Å²) in [4.78, 5) is 14.8. The number of carbonyl (C=O) groups excluding carboxylic acids is 1. The molecule has 0 saturated carbocycles. The van der Waals surface area contributed by atoms with Crippen LogP contribution in [0.4, 0.5) is 0 Å². The van der Waals surface area contributed by atoms with Crippen molar-refractivity contribution in [2.24, 2.45) is 11.7 Å². The van der Waals surface area contributed by atoms with Gasteiger partial charge in [0.15, 0.2) is 0 Å². The van der Waals surface area contributed by atoms with E-state index in [1.54, 1.807) is 0 Å². The number of amides is 1. The molecule has 1 rings (SSSR count). The van der Waals surface area contributed by atoms with Gasteiger partial charge in [0.2, 0.25) is 5.91 Å². The Bertz CT molecular complexity index is 350. The highest BCUT2D eigenvalue weighted by molar-refractivity contribution is 7.80. The summed E-state index contributed by atoms with van der Waals surface area (Å²) in [5, 5.41) is 0. The molecule has 110 valence electrons. The molecule has 0 bridgehead atoms. The van der Waals surface area contributed by atoms with Crippen LogP contribution in [0.1, 0.15) is 47.5 Å². The number of nitrogens with zero attached hydrogens (tertiary/aromatic N) is 1. The molecule has 0 aromatic carbocycles. The zero-order valence-corrected chi connectivity index (χ0v) is 13.5. The number of thiocarbonyl (C=S) groups is 1. The van der Waals surface area contributed by atoms with E-state index in [0.29, 0.717) is 24.5 Å². The van der Waals surface area contributed by atoms with E-state index in [2.05, 4.69) is 0 Å². The quantitative estimate of drug-likeness (QED) is 0.804. The lowest BCUT2D eigenvalue weighted by Crippen LogP contribution is -2.60. The summed E-state index contributed by atoms with van der Waals surface area (Å²) in [7, 11) is 0. The number of ether oxygens (including phenoxy) is 1. The molecular weight excluding hydrogens is 260 g/mol. The normalized spacial score (nSPS) is 22.9. The molecule has 1 saturated heterocycles. The number of nitrogens with two attached hydrogens (primary N) is 1. The third kappa shape index (κ3) is 4.42. The highest BCUT2D eigenvalue weighted by Crippen LogP contribution is 2.29. The van der Waals surface area contributed by atoms with Crippen LogP contribution >= 0.6 is 12.2 Å². The smallest absolute Gasteiger partial charge is 0.232 e. The van der Waals surface area contributed by atoms with Gasteiger partial charge in [-0.15, -0.1) is 0 Å². The maximum absolute atomic E-state index is 12.6. The highest BCUT2D eigenvalue weighted by atomic mass is 32.1. The van der Waals surface area contributed by atoms with Gasteiger partial charge in [-0.3, -0.25) is 4.79 Å². The van der Waals surface area contributed by atoms with Crippen LogP contribution in [0.3, 0.4) is 0 Å². The minimum atomic E-state index is -0.343. The Morgan fingerprint density at radius 3 is 2.16 bits per heavy atom. The Balaban J connectivity index is 2.88. The van der Waals surface area contributed by atoms with E-state index >= 15 is 0 Å². The van der Waals surface area contributed by atoms with Crippen LogP contribution in [0, 0.1) is 5.92 Å². The number of morpholine rings is 1. The van der Waals surface area contributed by atoms with Gasteiger partial charge in [-0.1, -0.05) is 25.6 Å². The molecule has 19 heavy (non-hydrogen) atoms. The summed E-state index contributed by atoms with van der Waals surface area (Å²) < 4.78 is 5.98. The largest absolute Gasteiger partial charge is 0.393 e. The zero-order valence-electron chi connectivity index (χ0n) is 12.7. The van der Waals surface area contributed by atoms with Crippen molar-refractivity contribution in [2.45, 2.75) is 58.7 Å². The molecule has 1 fully saturated rings. The van der Waals surface area contributed by atoms with Crippen molar-refractivity contribution < 1.29 is 9.53 Å². The van der Waals surface area contributed by atoms with Crippen LogP contribution in [-0.4, -0.2) is 40.1 Å². The summed E-state index contributed by atoms with van der Waals surface area (Å²) >= 11 is 5.04. The highest BCUT2D eigenvalue weighted by Gasteiger charge is 2.41. The second-order valence-corrected chi connectivity index (χ2v) is 7.03. The number of carbonyl (C=O) groups is 1. The van der Waals surface area contributed by atoms with Gasteiger partial charge in [-0.05, 0) is 34.1 Å². The van der Waals surface area contributed by atoms with Crippen LogP contribution in [0.2, 0.25) is 0 Å². The lowest BCUT2D eigenvalue weighted by molar-refractivity contribution is -0.189. The standard InChI is InChI=1S/C14H26N2O2S/c1-6-7-10(11(15)19)12(17)16-8-13(2,3)18-14(4,5)9-16/h10H,6-9H2,1-5H3,(H2,15,19). The first-order valence-corrected chi connectivity index (χ1v) is 7.27. The SMILES string of the molecule is CCCC(C(=O)N1CC(C)(C)OC(C)(C)C1)C(N)=S. The average molecular weight is 286 g/mol. The molecule has 1 aliphatic heterocycles. The van der Waals surface area contributed by atoms with Gasteiger partial charge >= 0.3 is 0 Å². The van der Waals surface area contributed by atoms with Crippen LogP contribution in [-0.2, 0) is 9.53 Å². The molecule has 5 heteroatoms. The Hall–Kier alpha value is -0.680. The molecule has 0 aromatic heterocycles. The molecule has 1 aliphatic rings. The van der Waals surface area contributed by atoms with Crippen LogP contribution in [0.5, 0.6) is 0 Å². The molecule has 1 amide bonds. The molecule has 0 spiro atoms. The van der Waals surface area contributed by atoms with Crippen molar-refractivity contribution in [2.75, 3.05) is 13.1 Å². The lowest BCUT2D eigenvalue weighted by atomic mass is 9.95. The van der Waals surface area contributed by atoms with Crippen molar-refractivity contribution in [3.63, 3.8) is 0 Å². The van der Waals surface area contributed by atoms with E-state index in [-0.39, 0.29) is 23.0 Å². The second kappa shape index (κ2) is 5.75. The van der Waals surface area contributed by atoms with Gasteiger partial charge in [0.05, 0.1) is 22.1 Å². The van der Waals surface area contributed by atoms with E-state index in [0.717, 1.165) is 6.42 Å². The van der Waals surface area contributed by atoms with Gasteiger partial charge in [-0.2, -0.15) is 0 Å². The van der Waals surface area contributed by atoms with Gasteiger partial charge in [0.1, 0.15) is 0 Å². The Labute approximate surface area is 121 Å². The second-order valence-electron chi connectivity index (χ2n) is 6.56. The van der Waals surface area contributed by atoms with Gasteiger partial charge in [-0.25, -0.2) is 0 Å². The molecule has 0 aromatic rings. The van der Waals surface area contributed by atoms with Crippen molar-refractivity contribution in [3.8, 4) is 0 Å². The summed E-state index contributed by atoms with van der Waals surface area (Å²) in [6, 6.07) is 0. The molecule has 4 nitrogen and oxygen atoms in total. The zero-order chi connectivity index (χ0) is 14.8. The summed E-state index contributed by atoms with van der Waals surface area (Å²) in [6.45, 7) is 11.2. The fourth-order valence-corrected chi connectivity index (χ4v) is 3.06. The summed E-state index contributed by atoms with van der Waals surface area (Å²) in [5.74, 6) is -0.302. The molecule has 0 radical (unpaired) electrons. The van der Waals surface area contributed by atoms with Crippen molar-refractivity contribution in [1.29, 1.82) is 0 Å². The Kier molecular flexibility index (Phi) is 4.96. The maximum Gasteiger partial charge on any atom is 0.232 e. The minimum Gasteiger partial charge on any atom is -0.393 e. The van der Waals surface area contributed by atoms with Crippen LogP contribution in [0.15, 0.2) is 0 Å². The fraction of sp³-hybridized carbons (Fsp3) is 0.857. The first-order chi connectivity index (χ1) is 8.58. The topological polar surface area (TPSA) is 55.6 Å². The van der Waals surface area contributed by atoms with E-state index in [9.17, 15) is 4.79 Å². The summed E-state index contributed by atoms with van der Waals surface area (Å²) in [6.07, 6.45) is 1.61. The molecule has 2 N–H and O–H groups in total. The molecule has 1 heterocycles. The predicted molar refractivity (Wildman–Crippen MR) is 81.0 cm³/mol. The van der Waals surface area contributed by atoms with E-state index < -0.39 is 0 Å².